The molecule has 1 aliphatic heterocycles. The molecular formula is C18H20ClF5N5O+. The zero-order chi connectivity index (χ0) is 22.1. The van der Waals surface area contributed by atoms with E-state index in [1.807, 2.05) is 0 Å². The van der Waals surface area contributed by atoms with E-state index in [1.165, 1.54) is 4.90 Å². The Hall–Kier alpha value is -2.56. The van der Waals surface area contributed by atoms with Gasteiger partial charge >= 0.3 is 12.2 Å². The van der Waals surface area contributed by atoms with Crippen LogP contribution in [0, 0.1) is 0 Å². The van der Waals surface area contributed by atoms with Crippen molar-refractivity contribution in [1.82, 2.24) is 4.98 Å². The van der Waals surface area contributed by atoms with Gasteiger partial charge in [-0.2, -0.15) is 13.2 Å². The van der Waals surface area contributed by atoms with Crippen molar-refractivity contribution >= 4 is 28.9 Å². The first-order chi connectivity index (χ1) is 14.0. The van der Waals surface area contributed by atoms with E-state index in [-0.39, 0.29) is 30.4 Å². The Morgan fingerprint density at radius 2 is 2.07 bits per heavy atom. The minimum Gasteiger partial charge on any atom is -0.428 e. The molecule has 12 heteroatoms. The van der Waals surface area contributed by atoms with E-state index in [0.717, 1.165) is 6.92 Å². The van der Waals surface area contributed by atoms with Crippen LogP contribution in [0.4, 0.5) is 39.3 Å². The van der Waals surface area contributed by atoms with Gasteiger partial charge in [0.15, 0.2) is 11.8 Å². The molecule has 1 unspecified atom stereocenters. The van der Waals surface area contributed by atoms with Crippen LogP contribution in [0.2, 0.25) is 5.02 Å². The molecule has 164 valence electrons. The minimum atomic E-state index is -4.64. The fraction of sp³-hybridized carbons (Fsp3) is 0.444. The highest BCUT2D eigenvalue weighted by Gasteiger charge is 2.44. The number of alkyl halides is 5. The molecule has 1 aromatic carbocycles. The van der Waals surface area contributed by atoms with Crippen molar-refractivity contribution in [1.29, 1.82) is 0 Å². The number of anilines is 3. The highest BCUT2D eigenvalue weighted by molar-refractivity contribution is 6.31. The largest absolute Gasteiger partial charge is 0.434 e. The van der Waals surface area contributed by atoms with E-state index in [9.17, 15) is 22.0 Å². The molecule has 1 saturated heterocycles. The lowest BCUT2D eigenvalue weighted by Gasteiger charge is -2.18. The number of hydrogen-bond donors (Lipinski definition) is 2. The molecule has 6 nitrogen and oxygen atoms in total. The maximum Gasteiger partial charge on any atom is 0.434 e. The number of H-pyrrole nitrogens is 1. The van der Waals surface area contributed by atoms with Crippen LogP contribution < -0.4 is 25.7 Å². The van der Waals surface area contributed by atoms with Crippen LogP contribution in [0.5, 0.6) is 6.01 Å². The van der Waals surface area contributed by atoms with Crippen molar-refractivity contribution in [3.63, 3.8) is 0 Å². The molecule has 30 heavy (non-hydrogen) atoms. The van der Waals surface area contributed by atoms with Crippen molar-refractivity contribution in [2.75, 3.05) is 29.0 Å². The smallest absolute Gasteiger partial charge is 0.428 e. The Morgan fingerprint density at radius 1 is 1.37 bits per heavy atom. The summed E-state index contributed by atoms with van der Waals surface area (Å²) in [4.78, 5) is 7.73. The van der Waals surface area contributed by atoms with Gasteiger partial charge in [-0.3, -0.25) is 4.90 Å². The molecule has 0 saturated carbocycles. The number of ether oxygens (including phenoxy) is 1. The zero-order valence-corrected chi connectivity index (χ0v) is 16.6. The highest BCUT2D eigenvalue weighted by atomic mass is 35.5. The molecule has 1 aromatic heterocycles. The lowest BCUT2D eigenvalue weighted by Crippen LogP contribution is -2.36. The number of halogens is 6. The Bertz CT molecular complexity index is 911. The van der Waals surface area contributed by atoms with Crippen LogP contribution in [0.15, 0.2) is 24.3 Å². The average molecular weight is 453 g/mol. The number of nitrogens with zero attached hydrogens (tertiary/aromatic N) is 2. The predicted molar refractivity (Wildman–Crippen MR) is 102 cm³/mol. The fourth-order valence-corrected chi connectivity index (χ4v) is 3.09. The summed E-state index contributed by atoms with van der Waals surface area (Å²) < 4.78 is 70.9. The molecule has 0 radical (unpaired) electrons. The first kappa shape index (κ1) is 22.1. The summed E-state index contributed by atoms with van der Waals surface area (Å²) in [6.07, 6.45) is -7.21. The van der Waals surface area contributed by atoms with E-state index in [1.54, 1.807) is 24.3 Å². The third kappa shape index (κ3) is 5.13. The molecule has 0 spiro atoms. The molecule has 2 aromatic rings. The van der Waals surface area contributed by atoms with E-state index in [4.69, 9.17) is 22.1 Å². The summed E-state index contributed by atoms with van der Waals surface area (Å²) in [6.45, 7) is 0.309. The van der Waals surface area contributed by atoms with Crippen LogP contribution in [-0.2, 0) is 6.54 Å². The van der Waals surface area contributed by atoms with Gasteiger partial charge in [-0.15, -0.1) is 0 Å². The number of aromatic amines is 1. The van der Waals surface area contributed by atoms with Crippen molar-refractivity contribution < 1.29 is 31.7 Å². The second-order valence-electron chi connectivity index (χ2n) is 6.93. The Morgan fingerprint density at radius 3 is 2.67 bits per heavy atom. The summed E-state index contributed by atoms with van der Waals surface area (Å²) in [5.74, 6) is -2.94. The van der Waals surface area contributed by atoms with Gasteiger partial charge in [0.2, 0.25) is 5.82 Å². The summed E-state index contributed by atoms with van der Waals surface area (Å²) in [5, 5.41) is 3.36. The van der Waals surface area contributed by atoms with Gasteiger partial charge in [-0.1, -0.05) is 29.8 Å². The normalized spacial score (nSPS) is 17.1. The van der Waals surface area contributed by atoms with E-state index < -0.39 is 37.2 Å². The standard InChI is InChI=1S/C18H19ClF5N5O/c1-10(18(22,23)24)30-16-27-14(26-8-11-4-2-3-5-12(11)19)13(25)15(28-16)29-7-6-17(20,21)9-29/h2-5,10H,6-9,25H2,1H3,(H,26,27,28)/p+1. The number of rotatable bonds is 6. The van der Waals surface area contributed by atoms with Crippen LogP contribution in [0.25, 0.3) is 0 Å². The number of aromatic nitrogens is 2. The summed E-state index contributed by atoms with van der Waals surface area (Å²) in [6, 6.07) is 6.42. The Kier molecular flexibility index (Phi) is 6.11. The number of benzene rings is 1. The summed E-state index contributed by atoms with van der Waals surface area (Å²) >= 11 is 6.11. The van der Waals surface area contributed by atoms with Gasteiger partial charge in [0.25, 0.3) is 11.7 Å². The first-order valence-corrected chi connectivity index (χ1v) is 9.40. The molecule has 4 N–H and O–H groups in total. The average Bonchev–Trinajstić information content (AvgIpc) is 3.01. The lowest BCUT2D eigenvalue weighted by atomic mass is 10.2. The molecule has 0 aliphatic carbocycles. The Balaban J connectivity index is 1.92. The van der Waals surface area contributed by atoms with Crippen molar-refractivity contribution in [2.24, 2.45) is 0 Å². The van der Waals surface area contributed by atoms with Crippen LogP contribution in [0.1, 0.15) is 18.9 Å². The second-order valence-corrected chi connectivity index (χ2v) is 7.33. The maximum atomic E-state index is 13.7. The van der Waals surface area contributed by atoms with Gasteiger partial charge in [0.05, 0.1) is 6.54 Å². The summed E-state index contributed by atoms with van der Waals surface area (Å²) in [7, 11) is 0. The van der Waals surface area contributed by atoms with E-state index >= 15 is 0 Å². The first-order valence-electron chi connectivity index (χ1n) is 9.02. The predicted octanol–water partition coefficient (Wildman–Crippen LogP) is 3.92. The minimum absolute atomic E-state index is 0.00760. The maximum absolute atomic E-state index is 13.7. The van der Waals surface area contributed by atoms with Gasteiger partial charge in [0, 0.05) is 18.0 Å². The molecule has 1 aliphatic rings. The van der Waals surface area contributed by atoms with Crippen LogP contribution in [-0.4, -0.2) is 36.3 Å². The fourth-order valence-electron chi connectivity index (χ4n) is 2.89. The van der Waals surface area contributed by atoms with Crippen LogP contribution in [0.3, 0.4) is 0 Å². The molecule has 0 amide bonds. The third-order valence-corrected chi connectivity index (χ3v) is 4.96. The topological polar surface area (TPSA) is 77.6 Å². The van der Waals surface area contributed by atoms with Gasteiger partial charge < -0.3 is 15.8 Å². The monoisotopic (exact) mass is 452 g/mol. The number of nitrogen functional groups attached to an aromatic ring is 1. The lowest BCUT2D eigenvalue weighted by molar-refractivity contribution is -0.393. The Labute approximate surface area is 174 Å². The number of hydrogen-bond acceptors (Lipinski definition) is 5. The van der Waals surface area contributed by atoms with E-state index in [0.29, 0.717) is 10.6 Å². The van der Waals surface area contributed by atoms with Gasteiger partial charge in [-0.25, -0.2) is 13.8 Å². The molecule has 2 heterocycles. The highest BCUT2D eigenvalue weighted by Crippen LogP contribution is 2.35. The number of nitrogens with one attached hydrogen (secondary N) is 2. The molecule has 1 fully saturated rings. The molecule has 0 bridgehead atoms. The second kappa shape index (κ2) is 8.29. The van der Waals surface area contributed by atoms with Crippen LogP contribution >= 0.6 is 11.6 Å². The molecule has 1 atom stereocenters. The zero-order valence-electron chi connectivity index (χ0n) is 15.9. The van der Waals surface area contributed by atoms with Crippen molar-refractivity contribution in [2.45, 2.75) is 38.1 Å². The SMILES string of the molecule is CC(Oc1nc(NCc2ccccc2Cl)c(N)c(N2CCC(F)(F)C2)[nH+]1)C(F)(F)F. The molecular weight excluding hydrogens is 433 g/mol. The third-order valence-electron chi connectivity index (χ3n) is 4.59. The van der Waals surface area contributed by atoms with E-state index in [2.05, 4.69) is 15.3 Å². The van der Waals surface area contributed by atoms with Gasteiger partial charge in [-0.05, 0) is 23.5 Å². The quantitative estimate of drug-likeness (QED) is 0.650. The van der Waals surface area contributed by atoms with Crippen molar-refractivity contribution in [3.8, 4) is 6.01 Å². The molecule has 3 rings (SSSR count). The van der Waals surface area contributed by atoms with Crippen molar-refractivity contribution in [3.05, 3.63) is 34.9 Å². The summed E-state index contributed by atoms with van der Waals surface area (Å²) in [5.41, 5.74) is 6.75. The van der Waals surface area contributed by atoms with Gasteiger partial charge in [0.1, 0.15) is 6.54 Å². The number of nitrogens with two attached hydrogens (primary N) is 1.